The summed E-state index contributed by atoms with van der Waals surface area (Å²) in [6.07, 6.45) is -3.65. The van der Waals surface area contributed by atoms with Crippen LogP contribution in [0.4, 0.5) is 0 Å². The third-order valence-corrected chi connectivity index (χ3v) is 6.53. The summed E-state index contributed by atoms with van der Waals surface area (Å²) < 4.78 is 27.6. The van der Waals surface area contributed by atoms with Gasteiger partial charge in [0.15, 0.2) is 11.5 Å². The Morgan fingerprint density at radius 2 is 1.77 bits per heavy atom. The maximum atomic E-state index is 13.6. The number of benzene rings is 2. The van der Waals surface area contributed by atoms with Crippen molar-refractivity contribution < 1.29 is 48.9 Å². The molecule has 0 amide bonds. The number of methoxy groups -OCH3 is 2. The predicted molar refractivity (Wildman–Crippen MR) is 140 cm³/mol. The Balaban J connectivity index is 1.75. The molecule has 3 aromatic rings. The van der Waals surface area contributed by atoms with E-state index in [2.05, 4.69) is 0 Å². The van der Waals surface area contributed by atoms with E-state index in [4.69, 9.17) is 23.4 Å². The molecule has 5 N–H and O–H groups in total. The number of phenols is 1. The van der Waals surface area contributed by atoms with E-state index < -0.39 is 42.7 Å². The van der Waals surface area contributed by atoms with Gasteiger partial charge in [-0.2, -0.15) is 0 Å². The molecule has 0 bridgehead atoms. The van der Waals surface area contributed by atoms with Crippen LogP contribution < -0.4 is 19.6 Å². The van der Waals surface area contributed by atoms with E-state index in [0.29, 0.717) is 23.3 Å². The number of aliphatic hydroxyl groups is 4. The van der Waals surface area contributed by atoms with Gasteiger partial charge in [0, 0.05) is 17.7 Å². The third kappa shape index (κ3) is 5.58. The van der Waals surface area contributed by atoms with Crippen molar-refractivity contribution in [3.8, 4) is 34.1 Å². The molecular formula is C28H32O11. The lowest BCUT2D eigenvalue weighted by atomic mass is 9.99. The molecule has 0 aliphatic carbocycles. The van der Waals surface area contributed by atoms with Gasteiger partial charge in [0.2, 0.25) is 11.7 Å². The Bertz CT molecular complexity index is 1420. The van der Waals surface area contributed by atoms with Crippen LogP contribution in [0.15, 0.2) is 51.4 Å². The number of fused-ring (bicyclic) bond motifs is 1. The maximum Gasteiger partial charge on any atom is 0.229 e. The first-order valence-corrected chi connectivity index (χ1v) is 12.2. The van der Waals surface area contributed by atoms with Crippen molar-refractivity contribution in [2.24, 2.45) is 0 Å². The van der Waals surface area contributed by atoms with Crippen LogP contribution in [-0.4, -0.2) is 77.1 Å². The number of aromatic hydroxyl groups is 1. The molecule has 11 nitrogen and oxygen atoms in total. The molecule has 0 spiro atoms. The number of allylic oxidation sites excluding steroid dienone is 2. The highest BCUT2D eigenvalue weighted by atomic mass is 16.7. The molecule has 4 rings (SSSR count). The summed E-state index contributed by atoms with van der Waals surface area (Å²) in [5.41, 5.74) is 2.04. The zero-order valence-electron chi connectivity index (χ0n) is 22.0. The molecule has 5 atom stereocenters. The van der Waals surface area contributed by atoms with Crippen molar-refractivity contribution in [2.75, 3.05) is 20.8 Å². The van der Waals surface area contributed by atoms with Crippen molar-refractivity contribution in [1.29, 1.82) is 0 Å². The Hall–Kier alpha value is -3.61. The fourth-order valence-corrected chi connectivity index (χ4v) is 4.45. The van der Waals surface area contributed by atoms with Crippen LogP contribution in [0, 0.1) is 0 Å². The van der Waals surface area contributed by atoms with E-state index in [1.165, 1.54) is 38.7 Å². The Morgan fingerprint density at radius 3 is 2.41 bits per heavy atom. The minimum Gasteiger partial charge on any atom is -0.504 e. The van der Waals surface area contributed by atoms with Gasteiger partial charge in [-0.1, -0.05) is 11.6 Å². The fraction of sp³-hybridized carbons (Fsp3) is 0.393. The minimum atomic E-state index is -1.62. The normalized spacial score (nSPS) is 22.9. The molecule has 0 saturated carbocycles. The van der Waals surface area contributed by atoms with E-state index in [1.54, 1.807) is 6.07 Å². The van der Waals surface area contributed by atoms with Crippen molar-refractivity contribution in [3.05, 3.63) is 58.0 Å². The van der Waals surface area contributed by atoms with Gasteiger partial charge in [0.1, 0.15) is 53.1 Å². The summed E-state index contributed by atoms with van der Waals surface area (Å²) >= 11 is 0. The van der Waals surface area contributed by atoms with Gasteiger partial charge in [-0.25, -0.2) is 0 Å². The molecule has 1 aliphatic rings. The van der Waals surface area contributed by atoms with E-state index in [9.17, 15) is 30.3 Å². The largest absolute Gasteiger partial charge is 0.504 e. The van der Waals surface area contributed by atoms with Crippen LogP contribution in [0.1, 0.15) is 19.4 Å². The van der Waals surface area contributed by atoms with Crippen molar-refractivity contribution in [1.82, 2.24) is 0 Å². The van der Waals surface area contributed by atoms with E-state index in [1.807, 2.05) is 19.9 Å². The lowest BCUT2D eigenvalue weighted by Crippen LogP contribution is -2.60. The van der Waals surface area contributed by atoms with E-state index >= 15 is 0 Å². The molecule has 1 aromatic heterocycles. The van der Waals surface area contributed by atoms with E-state index in [0.717, 1.165) is 5.57 Å². The second-order valence-electron chi connectivity index (χ2n) is 9.47. The zero-order valence-corrected chi connectivity index (χ0v) is 22.0. The number of hydrogen-bond donors (Lipinski definition) is 5. The lowest BCUT2D eigenvalue weighted by Gasteiger charge is -2.39. The standard InChI is InChI=1S/C28H32O11/c1-13(2)5-6-14-7-15(8-18(30)27(14)36-4)17-12-37-20-10-16(9-19(35-3)22(20)23(17)31)38-28-26(34)25(33)24(32)21(11-29)39-28/h5,7-10,12,21,24-26,28-30,32-34H,6,11H2,1-4H3. The summed E-state index contributed by atoms with van der Waals surface area (Å²) in [5, 5.41) is 50.4. The van der Waals surface area contributed by atoms with Crippen LogP contribution in [-0.2, 0) is 11.2 Å². The van der Waals surface area contributed by atoms with Crippen LogP contribution in [0.2, 0.25) is 0 Å². The maximum absolute atomic E-state index is 13.6. The second-order valence-corrected chi connectivity index (χ2v) is 9.47. The SMILES string of the molecule is COc1c(O)cc(-c2coc3cc(OC4OC(CO)C(O)C(O)C4O)cc(OC)c3c2=O)cc1CC=C(C)C. The van der Waals surface area contributed by atoms with Gasteiger partial charge in [-0.3, -0.25) is 4.79 Å². The average Bonchev–Trinajstić information content (AvgIpc) is 2.91. The molecule has 11 heteroatoms. The first-order valence-electron chi connectivity index (χ1n) is 12.2. The molecule has 1 fully saturated rings. The van der Waals surface area contributed by atoms with Gasteiger partial charge in [-0.15, -0.1) is 0 Å². The van der Waals surface area contributed by atoms with Crippen molar-refractivity contribution >= 4 is 11.0 Å². The van der Waals surface area contributed by atoms with Gasteiger partial charge in [-0.05, 0) is 38.0 Å². The molecule has 210 valence electrons. The molecule has 39 heavy (non-hydrogen) atoms. The smallest absolute Gasteiger partial charge is 0.229 e. The summed E-state index contributed by atoms with van der Waals surface area (Å²) in [7, 11) is 2.81. The molecule has 2 heterocycles. The fourth-order valence-electron chi connectivity index (χ4n) is 4.45. The van der Waals surface area contributed by atoms with Gasteiger partial charge in [0.25, 0.3) is 0 Å². The van der Waals surface area contributed by atoms with E-state index in [-0.39, 0.29) is 33.8 Å². The molecule has 1 aliphatic heterocycles. The highest BCUT2D eigenvalue weighted by Crippen LogP contribution is 2.37. The van der Waals surface area contributed by atoms with Crippen LogP contribution in [0.3, 0.4) is 0 Å². The number of phenolic OH excluding ortho intramolecular Hbond substituents is 1. The highest BCUT2D eigenvalue weighted by molar-refractivity contribution is 5.88. The Kier molecular flexibility index (Phi) is 8.48. The van der Waals surface area contributed by atoms with Gasteiger partial charge < -0.3 is 48.9 Å². The summed E-state index contributed by atoms with van der Waals surface area (Å²) in [6.45, 7) is 3.30. The first-order chi connectivity index (χ1) is 18.6. The van der Waals surface area contributed by atoms with Crippen LogP contribution >= 0.6 is 0 Å². The van der Waals surface area contributed by atoms with Crippen molar-refractivity contribution in [3.63, 3.8) is 0 Å². The molecule has 5 unspecified atom stereocenters. The minimum absolute atomic E-state index is 0.0747. The third-order valence-electron chi connectivity index (χ3n) is 6.53. The number of rotatable bonds is 8. The van der Waals surface area contributed by atoms with Gasteiger partial charge in [0.05, 0.1) is 26.4 Å². The van der Waals surface area contributed by atoms with Crippen molar-refractivity contribution in [2.45, 2.75) is 51.0 Å². The summed E-state index contributed by atoms with van der Waals surface area (Å²) in [4.78, 5) is 13.6. The number of hydrogen-bond acceptors (Lipinski definition) is 11. The zero-order chi connectivity index (χ0) is 28.4. The lowest BCUT2D eigenvalue weighted by molar-refractivity contribution is -0.277. The monoisotopic (exact) mass is 544 g/mol. The number of aliphatic hydroxyl groups excluding tert-OH is 4. The second kappa shape index (κ2) is 11.6. The summed E-state index contributed by atoms with van der Waals surface area (Å²) in [6, 6.07) is 5.94. The van der Waals surface area contributed by atoms with Crippen LogP contribution in [0.5, 0.6) is 23.0 Å². The van der Waals surface area contributed by atoms with Gasteiger partial charge >= 0.3 is 0 Å². The summed E-state index contributed by atoms with van der Waals surface area (Å²) in [5.74, 6) is 0.367. The molecule has 2 aromatic carbocycles. The Morgan fingerprint density at radius 1 is 1.03 bits per heavy atom. The topological polar surface area (TPSA) is 168 Å². The highest BCUT2D eigenvalue weighted by Gasteiger charge is 2.44. The first kappa shape index (κ1) is 28.4. The molecule has 1 saturated heterocycles. The predicted octanol–water partition coefficient (Wildman–Crippen LogP) is 1.87. The number of ether oxygens (including phenoxy) is 4. The Labute approximate surface area is 224 Å². The molecule has 0 radical (unpaired) electrons. The average molecular weight is 545 g/mol. The van der Waals surface area contributed by atoms with Crippen LogP contribution in [0.25, 0.3) is 22.1 Å². The quantitative estimate of drug-likeness (QED) is 0.263. The molecular weight excluding hydrogens is 512 g/mol.